The predicted octanol–water partition coefficient (Wildman–Crippen LogP) is 2.39. The van der Waals surface area contributed by atoms with Crippen molar-refractivity contribution in [3.8, 4) is 0 Å². The summed E-state index contributed by atoms with van der Waals surface area (Å²) in [6, 6.07) is 8.00. The van der Waals surface area contributed by atoms with Gasteiger partial charge >= 0.3 is 0 Å². The second kappa shape index (κ2) is 5.88. The summed E-state index contributed by atoms with van der Waals surface area (Å²) in [7, 11) is 3.05. The molecule has 1 unspecified atom stereocenters. The standard InChI is InChI=1S/C10H11NO2S3/c12-5-7(13)6-14-16-10-11-8-3-1-2-4-9(8)15-10/h1-4,7,12-13H,5-6H2. The molecule has 1 aromatic carbocycles. The van der Waals surface area contributed by atoms with Crippen molar-refractivity contribution in [2.45, 2.75) is 10.4 Å². The van der Waals surface area contributed by atoms with Gasteiger partial charge in [0.05, 0.1) is 22.9 Å². The Morgan fingerprint density at radius 1 is 1.38 bits per heavy atom. The highest BCUT2D eigenvalue weighted by Gasteiger charge is 2.06. The summed E-state index contributed by atoms with van der Waals surface area (Å²) < 4.78 is 2.16. The van der Waals surface area contributed by atoms with Crippen LogP contribution in [-0.4, -0.2) is 33.7 Å². The van der Waals surface area contributed by atoms with Crippen molar-refractivity contribution in [3.63, 3.8) is 0 Å². The number of fused-ring (bicyclic) bond motifs is 1. The molecule has 0 saturated heterocycles. The molecule has 2 rings (SSSR count). The fourth-order valence-corrected chi connectivity index (χ4v) is 4.60. The number of hydrogen-bond donors (Lipinski definition) is 2. The van der Waals surface area contributed by atoms with E-state index in [0.717, 1.165) is 9.86 Å². The number of aliphatic hydroxyl groups is 2. The molecule has 86 valence electrons. The highest BCUT2D eigenvalue weighted by molar-refractivity contribution is 8.77. The van der Waals surface area contributed by atoms with E-state index >= 15 is 0 Å². The lowest BCUT2D eigenvalue weighted by Gasteiger charge is -2.03. The summed E-state index contributed by atoms with van der Waals surface area (Å²) in [6.45, 7) is -0.187. The van der Waals surface area contributed by atoms with Crippen molar-refractivity contribution in [3.05, 3.63) is 24.3 Å². The van der Waals surface area contributed by atoms with E-state index in [1.165, 1.54) is 15.5 Å². The van der Waals surface area contributed by atoms with Crippen molar-refractivity contribution < 1.29 is 10.2 Å². The Bertz CT molecular complexity index is 427. The van der Waals surface area contributed by atoms with Gasteiger partial charge in [0, 0.05) is 5.75 Å². The van der Waals surface area contributed by atoms with Gasteiger partial charge in [-0.25, -0.2) is 4.98 Å². The van der Waals surface area contributed by atoms with Crippen LogP contribution >= 0.6 is 32.9 Å². The third-order valence-corrected chi connectivity index (χ3v) is 5.63. The van der Waals surface area contributed by atoms with E-state index in [1.54, 1.807) is 22.1 Å². The first-order chi connectivity index (χ1) is 7.79. The van der Waals surface area contributed by atoms with E-state index in [-0.39, 0.29) is 6.61 Å². The van der Waals surface area contributed by atoms with Gasteiger partial charge in [-0.1, -0.05) is 22.9 Å². The number of hydrogen-bond acceptors (Lipinski definition) is 6. The lowest BCUT2D eigenvalue weighted by Crippen LogP contribution is -2.13. The summed E-state index contributed by atoms with van der Waals surface area (Å²) >= 11 is 1.64. The van der Waals surface area contributed by atoms with Gasteiger partial charge in [0.1, 0.15) is 0 Å². The van der Waals surface area contributed by atoms with E-state index in [9.17, 15) is 5.11 Å². The van der Waals surface area contributed by atoms with Crippen molar-refractivity contribution in [1.82, 2.24) is 4.98 Å². The molecule has 1 aromatic heterocycles. The molecule has 0 amide bonds. The molecule has 1 heterocycles. The van der Waals surface area contributed by atoms with Crippen LogP contribution in [0.2, 0.25) is 0 Å². The van der Waals surface area contributed by atoms with E-state index in [2.05, 4.69) is 4.98 Å². The number of para-hydroxylation sites is 1. The van der Waals surface area contributed by atoms with Gasteiger partial charge in [0.2, 0.25) is 0 Å². The number of aromatic nitrogens is 1. The highest BCUT2D eigenvalue weighted by Crippen LogP contribution is 2.36. The molecule has 0 saturated carbocycles. The van der Waals surface area contributed by atoms with Crippen molar-refractivity contribution >= 4 is 43.1 Å². The molecular formula is C10H11NO2S3. The van der Waals surface area contributed by atoms with Crippen LogP contribution in [0, 0.1) is 0 Å². The van der Waals surface area contributed by atoms with Crippen LogP contribution in [0.15, 0.2) is 28.6 Å². The third-order valence-electron chi connectivity index (χ3n) is 1.88. The van der Waals surface area contributed by atoms with Crippen LogP contribution in [0.5, 0.6) is 0 Å². The third kappa shape index (κ3) is 3.11. The SMILES string of the molecule is OCC(O)CSSc1nc2ccccc2s1. The first-order valence-electron chi connectivity index (χ1n) is 4.73. The molecule has 0 aliphatic heterocycles. The average molecular weight is 273 g/mol. The Labute approximate surface area is 105 Å². The Balaban J connectivity index is 1.94. The summed E-state index contributed by atoms with van der Waals surface area (Å²) in [5.74, 6) is 0.511. The number of thiazole rings is 1. The lowest BCUT2D eigenvalue weighted by atomic mass is 10.3. The molecule has 0 aliphatic rings. The number of aliphatic hydroxyl groups excluding tert-OH is 2. The summed E-state index contributed by atoms with van der Waals surface area (Å²) in [4.78, 5) is 4.45. The summed E-state index contributed by atoms with van der Waals surface area (Å²) in [5, 5.41) is 17.8. The maximum Gasteiger partial charge on any atom is 0.161 e. The smallest absolute Gasteiger partial charge is 0.161 e. The van der Waals surface area contributed by atoms with E-state index in [4.69, 9.17) is 5.11 Å². The zero-order chi connectivity index (χ0) is 11.4. The molecule has 0 aliphatic carbocycles. The van der Waals surface area contributed by atoms with E-state index in [1.807, 2.05) is 24.3 Å². The zero-order valence-corrected chi connectivity index (χ0v) is 10.8. The minimum atomic E-state index is -0.646. The maximum absolute atomic E-state index is 9.17. The molecule has 6 heteroatoms. The van der Waals surface area contributed by atoms with Gasteiger partial charge in [0.15, 0.2) is 4.34 Å². The molecular weight excluding hydrogens is 262 g/mol. The topological polar surface area (TPSA) is 53.4 Å². The lowest BCUT2D eigenvalue weighted by molar-refractivity contribution is 0.114. The Hall–Kier alpha value is -0.270. The molecule has 0 radical (unpaired) electrons. The van der Waals surface area contributed by atoms with Gasteiger partial charge in [-0.05, 0) is 22.9 Å². The van der Waals surface area contributed by atoms with Gasteiger partial charge in [-0.2, -0.15) is 0 Å². The maximum atomic E-state index is 9.17. The van der Waals surface area contributed by atoms with Crippen LogP contribution in [0.3, 0.4) is 0 Å². The number of nitrogens with zero attached hydrogens (tertiary/aromatic N) is 1. The van der Waals surface area contributed by atoms with Gasteiger partial charge in [-0.3, -0.25) is 0 Å². The van der Waals surface area contributed by atoms with Crippen LogP contribution in [0.1, 0.15) is 0 Å². The van der Waals surface area contributed by atoms with Crippen LogP contribution in [0.25, 0.3) is 10.2 Å². The monoisotopic (exact) mass is 273 g/mol. The molecule has 3 nitrogen and oxygen atoms in total. The fraction of sp³-hybridized carbons (Fsp3) is 0.300. The largest absolute Gasteiger partial charge is 0.394 e. The fourth-order valence-electron chi connectivity index (χ4n) is 1.10. The molecule has 2 N–H and O–H groups in total. The van der Waals surface area contributed by atoms with Crippen molar-refractivity contribution in [1.29, 1.82) is 0 Å². The number of benzene rings is 1. The Morgan fingerprint density at radius 3 is 2.94 bits per heavy atom. The van der Waals surface area contributed by atoms with Gasteiger partial charge < -0.3 is 10.2 Å². The van der Waals surface area contributed by atoms with Crippen molar-refractivity contribution in [2.24, 2.45) is 0 Å². The van der Waals surface area contributed by atoms with E-state index in [0.29, 0.717) is 5.75 Å². The predicted molar refractivity (Wildman–Crippen MR) is 71.0 cm³/mol. The molecule has 0 bridgehead atoms. The molecule has 2 aromatic rings. The average Bonchev–Trinajstić information content (AvgIpc) is 2.71. The second-order valence-corrected chi connectivity index (χ2v) is 6.77. The van der Waals surface area contributed by atoms with Gasteiger partial charge in [-0.15, -0.1) is 11.3 Å². The molecule has 0 fully saturated rings. The van der Waals surface area contributed by atoms with Crippen LogP contribution < -0.4 is 0 Å². The Morgan fingerprint density at radius 2 is 2.19 bits per heavy atom. The van der Waals surface area contributed by atoms with Crippen LogP contribution in [-0.2, 0) is 0 Å². The minimum Gasteiger partial charge on any atom is -0.394 e. The molecule has 0 spiro atoms. The Kier molecular flexibility index (Phi) is 4.48. The van der Waals surface area contributed by atoms with Gasteiger partial charge in [0.25, 0.3) is 0 Å². The summed E-state index contributed by atoms with van der Waals surface area (Å²) in [6.07, 6.45) is -0.646. The normalized spacial score (nSPS) is 13.1. The summed E-state index contributed by atoms with van der Waals surface area (Å²) in [5.41, 5.74) is 1.01. The van der Waals surface area contributed by atoms with Crippen LogP contribution in [0.4, 0.5) is 0 Å². The second-order valence-electron chi connectivity index (χ2n) is 3.15. The zero-order valence-electron chi connectivity index (χ0n) is 8.37. The molecule has 1 atom stereocenters. The number of rotatable bonds is 5. The highest BCUT2D eigenvalue weighted by atomic mass is 33.1. The first kappa shape index (κ1) is 12.2. The molecule has 16 heavy (non-hydrogen) atoms. The first-order valence-corrected chi connectivity index (χ1v) is 7.87. The quantitative estimate of drug-likeness (QED) is 0.819. The van der Waals surface area contributed by atoms with Crippen molar-refractivity contribution in [2.75, 3.05) is 12.4 Å². The van der Waals surface area contributed by atoms with E-state index < -0.39 is 6.10 Å². The minimum absolute atomic E-state index is 0.187.